The van der Waals surface area contributed by atoms with Crippen LogP contribution in [0.1, 0.15) is 42.6 Å². The van der Waals surface area contributed by atoms with E-state index in [0.29, 0.717) is 31.6 Å². The molecule has 1 aromatic carbocycles. The topological polar surface area (TPSA) is 67.4 Å². The summed E-state index contributed by atoms with van der Waals surface area (Å²) in [5.41, 5.74) is 1.67. The molecular weight excluding hydrogens is 268 g/mol. The summed E-state index contributed by atoms with van der Waals surface area (Å²) in [6.45, 7) is 5.04. The number of hydrogen-bond acceptors (Lipinski definition) is 3. The van der Waals surface area contributed by atoms with E-state index in [4.69, 9.17) is 4.74 Å². The van der Waals surface area contributed by atoms with Gasteiger partial charge >= 0.3 is 0 Å². The summed E-state index contributed by atoms with van der Waals surface area (Å²) in [6, 6.07) is 7.42. The van der Waals surface area contributed by atoms with E-state index in [0.717, 1.165) is 5.56 Å². The first-order valence-electron chi connectivity index (χ1n) is 7.32. The van der Waals surface area contributed by atoms with Crippen LogP contribution in [-0.2, 0) is 16.1 Å². The Hall–Kier alpha value is -1.88. The number of hydrogen-bond donors (Lipinski definition) is 2. The fourth-order valence-corrected chi connectivity index (χ4v) is 2.14. The molecule has 1 aliphatic heterocycles. The van der Waals surface area contributed by atoms with Crippen LogP contribution in [0.4, 0.5) is 0 Å². The van der Waals surface area contributed by atoms with Gasteiger partial charge in [0.1, 0.15) is 0 Å². The Morgan fingerprint density at radius 2 is 2.10 bits per heavy atom. The van der Waals surface area contributed by atoms with Gasteiger partial charge < -0.3 is 15.4 Å². The molecule has 114 valence electrons. The van der Waals surface area contributed by atoms with Gasteiger partial charge in [0.05, 0.1) is 12.7 Å². The number of carbonyl (C=O) groups is 2. The zero-order valence-electron chi connectivity index (χ0n) is 12.5. The van der Waals surface area contributed by atoms with Crippen LogP contribution in [0.5, 0.6) is 0 Å². The molecule has 2 N–H and O–H groups in total. The van der Waals surface area contributed by atoms with Crippen LogP contribution in [0.15, 0.2) is 24.3 Å². The van der Waals surface area contributed by atoms with Crippen molar-refractivity contribution in [2.75, 3.05) is 6.54 Å². The number of nitrogens with one attached hydrogen (secondary N) is 2. The van der Waals surface area contributed by atoms with E-state index in [2.05, 4.69) is 10.6 Å². The van der Waals surface area contributed by atoms with Crippen LogP contribution in [-0.4, -0.2) is 30.5 Å². The Balaban J connectivity index is 1.86. The zero-order chi connectivity index (χ0) is 15.2. The van der Waals surface area contributed by atoms with Gasteiger partial charge in [0.15, 0.2) is 0 Å². The highest BCUT2D eigenvalue weighted by Crippen LogP contribution is 2.09. The first-order valence-corrected chi connectivity index (χ1v) is 7.32. The Bertz CT molecular complexity index is 487. The van der Waals surface area contributed by atoms with Gasteiger partial charge in [-0.2, -0.15) is 0 Å². The molecule has 0 aliphatic carbocycles. The lowest BCUT2D eigenvalue weighted by Gasteiger charge is -2.23. The van der Waals surface area contributed by atoms with Gasteiger partial charge in [-0.15, -0.1) is 0 Å². The number of benzene rings is 1. The molecule has 1 saturated heterocycles. The number of carbonyl (C=O) groups excluding carboxylic acids is 2. The third-order valence-electron chi connectivity index (χ3n) is 3.40. The van der Waals surface area contributed by atoms with Gasteiger partial charge in [0.25, 0.3) is 5.91 Å². The molecule has 0 saturated carbocycles. The SMILES string of the molecule is CC(C)OCc1ccc(C(=O)NC2CCC(=O)NC2)cc1. The largest absolute Gasteiger partial charge is 0.374 e. The molecule has 0 spiro atoms. The average Bonchev–Trinajstić information content (AvgIpc) is 2.48. The molecule has 2 amide bonds. The predicted molar refractivity (Wildman–Crippen MR) is 79.9 cm³/mol. The van der Waals surface area contributed by atoms with Gasteiger partial charge in [-0.1, -0.05) is 12.1 Å². The summed E-state index contributed by atoms with van der Waals surface area (Å²) in [5.74, 6) is -0.0533. The normalized spacial score (nSPS) is 18.4. The lowest BCUT2D eigenvalue weighted by atomic mass is 10.1. The molecule has 5 nitrogen and oxygen atoms in total. The molecule has 1 atom stereocenters. The Labute approximate surface area is 125 Å². The van der Waals surface area contributed by atoms with Gasteiger partial charge in [0, 0.05) is 24.6 Å². The second-order valence-electron chi connectivity index (χ2n) is 5.57. The Kier molecular flexibility index (Phi) is 5.33. The molecule has 1 aromatic rings. The number of amides is 2. The van der Waals surface area contributed by atoms with Gasteiger partial charge in [0.2, 0.25) is 5.91 Å². The summed E-state index contributed by atoms with van der Waals surface area (Å²) in [6.07, 6.45) is 1.35. The van der Waals surface area contributed by atoms with Gasteiger partial charge in [-0.25, -0.2) is 0 Å². The van der Waals surface area contributed by atoms with Crippen molar-refractivity contribution in [2.24, 2.45) is 0 Å². The molecular formula is C16H22N2O3. The van der Waals surface area contributed by atoms with Crippen molar-refractivity contribution >= 4 is 11.8 Å². The zero-order valence-corrected chi connectivity index (χ0v) is 12.5. The molecule has 2 rings (SSSR count). The molecule has 0 radical (unpaired) electrons. The van der Waals surface area contributed by atoms with E-state index in [1.807, 2.05) is 26.0 Å². The third-order valence-corrected chi connectivity index (χ3v) is 3.40. The molecule has 1 heterocycles. The predicted octanol–water partition coefficient (Wildman–Crippen LogP) is 1.62. The fraction of sp³-hybridized carbons (Fsp3) is 0.500. The van der Waals surface area contributed by atoms with Crippen molar-refractivity contribution in [2.45, 2.75) is 45.4 Å². The molecule has 21 heavy (non-hydrogen) atoms. The number of ether oxygens (including phenoxy) is 1. The van der Waals surface area contributed by atoms with Crippen molar-refractivity contribution < 1.29 is 14.3 Å². The summed E-state index contributed by atoms with van der Waals surface area (Å²) in [4.78, 5) is 23.2. The fourth-order valence-electron chi connectivity index (χ4n) is 2.14. The number of piperidine rings is 1. The Morgan fingerprint density at radius 3 is 2.67 bits per heavy atom. The first kappa shape index (κ1) is 15.5. The van der Waals surface area contributed by atoms with Gasteiger partial charge in [-0.05, 0) is 38.0 Å². The van der Waals surface area contributed by atoms with Crippen LogP contribution in [0.3, 0.4) is 0 Å². The van der Waals surface area contributed by atoms with Crippen LogP contribution in [0.25, 0.3) is 0 Å². The minimum Gasteiger partial charge on any atom is -0.374 e. The molecule has 5 heteroatoms. The third kappa shape index (κ3) is 4.86. The van der Waals surface area contributed by atoms with Crippen molar-refractivity contribution in [1.29, 1.82) is 0 Å². The van der Waals surface area contributed by atoms with Crippen LogP contribution < -0.4 is 10.6 Å². The van der Waals surface area contributed by atoms with Crippen molar-refractivity contribution in [3.8, 4) is 0 Å². The van der Waals surface area contributed by atoms with Gasteiger partial charge in [-0.3, -0.25) is 9.59 Å². The minimum absolute atomic E-state index is 0.0131. The maximum atomic E-state index is 12.1. The maximum Gasteiger partial charge on any atom is 0.251 e. The van der Waals surface area contributed by atoms with E-state index < -0.39 is 0 Å². The monoisotopic (exact) mass is 290 g/mol. The summed E-state index contributed by atoms with van der Waals surface area (Å²) in [7, 11) is 0. The van der Waals surface area contributed by atoms with Crippen molar-refractivity contribution in [1.82, 2.24) is 10.6 Å². The quantitative estimate of drug-likeness (QED) is 0.866. The van der Waals surface area contributed by atoms with E-state index in [9.17, 15) is 9.59 Å². The lowest BCUT2D eigenvalue weighted by molar-refractivity contribution is -0.122. The first-order chi connectivity index (χ1) is 10.0. The van der Waals surface area contributed by atoms with Crippen molar-refractivity contribution in [3.63, 3.8) is 0 Å². The molecule has 1 fully saturated rings. The average molecular weight is 290 g/mol. The summed E-state index contributed by atoms with van der Waals surface area (Å²) in [5, 5.41) is 5.70. The van der Waals surface area contributed by atoms with Crippen LogP contribution >= 0.6 is 0 Å². The highest BCUT2D eigenvalue weighted by molar-refractivity contribution is 5.94. The summed E-state index contributed by atoms with van der Waals surface area (Å²) >= 11 is 0. The smallest absolute Gasteiger partial charge is 0.251 e. The highest BCUT2D eigenvalue weighted by Gasteiger charge is 2.20. The molecule has 1 unspecified atom stereocenters. The van der Waals surface area contributed by atoms with E-state index in [1.54, 1.807) is 12.1 Å². The van der Waals surface area contributed by atoms with E-state index >= 15 is 0 Å². The molecule has 1 aliphatic rings. The lowest BCUT2D eigenvalue weighted by Crippen LogP contribution is -2.47. The number of rotatable bonds is 5. The van der Waals surface area contributed by atoms with E-state index in [1.165, 1.54) is 0 Å². The van der Waals surface area contributed by atoms with E-state index in [-0.39, 0.29) is 24.0 Å². The van der Waals surface area contributed by atoms with Crippen LogP contribution in [0.2, 0.25) is 0 Å². The second-order valence-corrected chi connectivity index (χ2v) is 5.57. The van der Waals surface area contributed by atoms with Crippen LogP contribution in [0, 0.1) is 0 Å². The minimum atomic E-state index is -0.104. The standard InChI is InChI=1S/C16H22N2O3/c1-11(2)21-10-12-3-5-13(6-4-12)16(20)18-14-7-8-15(19)17-9-14/h3-6,11,14H,7-10H2,1-2H3,(H,17,19)(H,18,20). The highest BCUT2D eigenvalue weighted by atomic mass is 16.5. The maximum absolute atomic E-state index is 12.1. The van der Waals surface area contributed by atoms with Crippen molar-refractivity contribution in [3.05, 3.63) is 35.4 Å². The summed E-state index contributed by atoms with van der Waals surface area (Å²) < 4.78 is 5.52. The molecule has 0 bridgehead atoms. The molecule has 0 aromatic heterocycles. The second kappa shape index (κ2) is 7.22. The Morgan fingerprint density at radius 1 is 1.38 bits per heavy atom.